The first-order valence-electron chi connectivity index (χ1n) is 3.89. The summed E-state index contributed by atoms with van der Waals surface area (Å²) < 4.78 is 8.70. The summed E-state index contributed by atoms with van der Waals surface area (Å²) >= 11 is 0. The minimum absolute atomic E-state index is 0.0764. The normalized spacial score (nSPS) is 9.57. The van der Waals surface area contributed by atoms with E-state index in [2.05, 4.69) is 11.9 Å². The zero-order chi connectivity index (χ0) is 11.9. The molecule has 0 saturated carbocycles. The maximum absolute atomic E-state index is 10.9. The molecular weight excluding hydrogens is 205 g/mol. The van der Waals surface area contributed by atoms with Crippen molar-refractivity contribution in [1.29, 1.82) is 0 Å². The summed E-state index contributed by atoms with van der Waals surface area (Å²) in [5.41, 5.74) is 0.394. The summed E-state index contributed by atoms with van der Waals surface area (Å²) in [6, 6.07) is 0. The molecular formula is C8H17NO4P+. The van der Waals surface area contributed by atoms with Gasteiger partial charge >= 0.3 is 8.25 Å². The van der Waals surface area contributed by atoms with Crippen molar-refractivity contribution >= 4 is 14.2 Å². The molecule has 0 saturated heterocycles. The molecule has 0 bridgehead atoms. The van der Waals surface area contributed by atoms with Crippen molar-refractivity contribution in [2.75, 3.05) is 0 Å². The molecule has 0 aliphatic heterocycles. The highest BCUT2D eigenvalue weighted by Crippen LogP contribution is 2.00. The van der Waals surface area contributed by atoms with Gasteiger partial charge in [-0.1, -0.05) is 6.58 Å². The number of carbonyl (C=O) groups excluding carboxylic acids is 1. The Morgan fingerprint density at radius 2 is 1.64 bits per heavy atom. The first-order chi connectivity index (χ1) is 6.06. The highest BCUT2D eigenvalue weighted by molar-refractivity contribution is 7.30. The van der Waals surface area contributed by atoms with Gasteiger partial charge in [-0.3, -0.25) is 4.79 Å². The molecule has 14 heavy (non-hydrogen) atoms. The third-order valence-electron chi connectivity index (χ3n) is 0.876. The Bertz CT molecular complexity index is 228. The van der Waals surface area contributed by atoms with Crippen molar-refractivity contribution in [2.24, 2.45) is 0 Å². The molecule has 0 unspecified atom stereocenters. The zero-order valence-electron chi connectivity index (χ0n) is 8.87. The smallest absolute Gasteiger partial charge is 0.348 e. The lowest BCUT2D eigenvalue weighted by atomic mass is 10.1. The number of amides is 1. The number of rotatable bonds is 1. The van der Waals surface area contributed by atoms with Crippen LogP contribution in [0, 0.1) is 0 Å². The van der Waals surface area contributed by atoms with E-state index in [1.165, 1.54) is 0 Å². The average Bonchev–Trinajstić information content (AvgIpc) is 1.81. The lowest BCUT2D eigenvalue weighted by Gasteiger charge is -2.20. The zero-order valence-corrected chi connectivity index (χ0v) is 9.76. The van der Waals surface area contributed by atoms with Gasteiger partial charge < -0.3 is 5.32 Å². The molecule has 3 N–H and O–H groups in total. The highest BCUT2D eigenvalue weighted by atomic mass is 31.1. The minimum atomic E-state index is -2.87. The molecule has 0 aliphatic carbocycles. The number of hydrogen-bond donors (Lipinski definition) is 3. The molecule has 0 aromatic carbocycles. The summed E-state index contributed by atoms with van der Waals surface area (Å²) in [5, 5.41) is 2.78. The van der Waals surface area contributed by atoms with Crippen molar-refractivity contribution in [3.8, 4) is 0 Å². The van der Waals surface area contributed by atoms with Gasteiger partial charge in [0, 0.05) is 15.7 Å². The van der Waals surface area contributed by atoms with E-state index < -0.39 is 8.25 Å². The molecule has 0 radical (unpaired) electrons. The molecule has 0 spiro atoms. The maximum Gasteiger partial charge on any atom is 0.692 e. The van der Waals surface area contributed by atoms with Crippen molar-refractivity contribution in [3.63, 3.8) is 0 Å². The number of carbonyl (C=O) groups is 1. The number of nitrogens with one attached hydrogen (secondary N) is 1. The quantitative estimate of drug-likeness (QED) is 0.458. The van der Waals surface area contributed by atoms with Gasteiger partial charge in [0.05, 0.1) is 0 Å². The van der Waals surface area contributed by atoms with Crippen LogP contribution in [0.5, 0.6) is 0 Å². The molecule has 1 amide bonds. The largest absolute Gasteiger partial charge is 0.692 e. The molecule has 6 heteroatoms. The van der Waals surface area contributed by atoms with Crippen LogP contribution in [0.4, 0.5) is 0 Å². The Morgan fingerprint density at radius 3 is 1.71 bits per heavy atom. The first kappa shape index (κ1) is 15.7. The van der Waals surface area contributed by atoms with Gasteiger partial charge in [-0.15, -0.1) is 9.79 Å². The van der Waals surface area contributed by atoms with Gasteiger partial charge in [-0.2, -0.15) is 0 Å². The lowest BCUT2D eigenvalue weighted by molar-refractivity contribution is -0.118. The van der Waals surface area contributed by atoms with E-state index in [0.29, 0.717) is 5.57 Å². The fourth-order valence-corrected chi connectivity index (χ4v) is 0.447. The Hall–Kier alpha value is -0.770. The van der Waals surface area contributed by atoms with Crippen LogP contribution in [0.25, 0.3) is 0 Å². The second-order valence-corrected chi connectivity index (χ2v) is 4.24. The van der Waals surface area contributed by atoms with E-state index in [1.807, 2.05) is 20.8 Å². The van der Waals surface area contributed by atoms with Gasteiger partial charge in [-0.25, -0.2) is 0 Å². The van der Waals surface area contributed by atoms with E-state index in [4.69, 9.17) is 14.4 Å². The Kier molecular flexibility index (Phi) is 7.45. The molecule has 0 rings (SSSR count). The SMILES string of the molecule is C=C(C)C(=O)NC(C)(C)C.O=[P+](O)O. The Labute approximate surface area is 84.8 Å². The predicted octanol–water partition coefficient (Wildman–Crippen LogP) is 1.11. The molecule has 0 aliphatic rings. The van der Waals surface area contributed by atoms with E-state index in [9.17, 15) is 4.79 Å². The second-order valence-electron chi connectivity index (χ2n) is 3.74. The Balaban J connectivity index is 0. The third-order valence-corrected chi connectivity index (χ3v) is 0.876. The van der Waals surface area contributed by atoms with Gasteiger partial charge in [0.15, 0.2) is 0 Å². The van der Waals surface area contributed by atoms with E-state index in [1.54, 1.807) is 6.92 Å². The minimum Gasteiger partial charge on any atom is -0.348 e. The Morgan fingerprint density at radius 1 is 1.36 bits per heavy atom. The third kappa shape index (κ3) is 17.4. The van der Waals surface area contributed by atoms with Crippen molar-refractivity contribution < 1.29 is 19.1 Å². The van der Waals surface area contributed by atoms with Crippen molar-refractivity contribution in [2.45, 2.75) is 33.2 Å². The summed E-state index contributed by atoms with van der Waals surface area (Å²) in [4.78, 5) is 25.2. The van der Waals surface area contributed by atoms with Crippen molar-refractivity contribution in [3.05, 3.63) is 12.2 Å². The van der Waals surface area contributed by atoms with Crippen molar-refractivity contribution in [1.82, 2.24) is 5.32 Å². The van der Waals surface area contributed by atoms with Crippen LogP contribution in [0.1, 0.15) is 27.7 Å². The van der Waals surface area contributed by atoms with Gasteiger partial charge in [0.1, 0.15) is 0 Å². The topological polar surface area (TPSA) is 86.6 Å². The fourth-order valence-electron chi connectivity index (χ4n) is 0.447. The van der Waals surface area contributed by atoms with Gasteiger partial charge in [0.2, 0.25) is 5.91 Å². The molecule has 0 fully saturated rings. The summed E-state index contributed by atoms with van der Waals surface area (Å²) in [6.45, 7) is 11.0. The molecule has 82 valence electrons. The van der Waals surface area contributed by atoms with Crippen LogP contribution >= 0.6 is 8.25 Å². The van der Waals surface area contributed by atoms with Crippen LogP contribution in [-0.2, 0) is 9.36 Å². The van der Waals surface area contributed by atoms with Crippen LogP contribution in [0.2, 0.25) is 0 Å². The van der Waals surface area contributed by atoms with Gasteiger partial charge in [-0.05, 0) is 27.7 Å². The molecule has 0 aromatic heterocycles. The molecule has 0 heterocycles. The summed E-state index contributed by atoms with van der Waals surface area (Å²) in [7, 11) is -2.87. The summed E-state index contributed by atoms with van der Waals surface area (Å²) in [5.74, 6) is -0.0764. The molecule has 0 atom stereocenters. The van der Waals surface area contributed by atoms with Crippen LogP contribution < -0.4 is 5.32 Å². The maximum atomic E-state index is 10.9. The highest BCUT2D eigenvalue weighted by Gasteiger charge is 2.12. The average molecular weight is 222 g/mol. The van der Waals surface area contributed by atoms with Crippen LogP contribution in [0.3, 0.4) is 0 Å². The van der Waals surface area contributed by atoms with E-state index in [0.717, 1.165) is 0 Å². The van der Waals surface area contributed by atoms with Crippen LogP contribution in [0.15, 0.2) is 12.2 Å². The number of hydrogen-bond acceptors (Lipinski definition) is 2. The fraction of sp³-hybridized carbons (Fsp3) is 0.625. The monoisotopic (exact) mass is 222 g/mol. The van der Waals surface area contributed by atoms with Gasteiger partial charge in [0.25, 0.3) is 0 Å². The predicted molar refractivity (Wildman–Crippen MR) is 54.8 cm³/mol. The first-order valence-corrected chi connectivity index (χ1v) is 5.06. The lowest BCUT2D eigenvalue weighted by Crippen LogP contribution is -2.40. The second kappa shape index (κ2) is 6.65. The van der Waals surface area contributed by atoms with E-state index >= 15 is 0 Å². The van der Waals surface area contributed by atoms with Crippen LogP contribution in [-0.4, -0.2) is 21.2 Å². The van der Waals surface area contributed by atoms with E-state index in [-0.39, 0.29) is 11.4 Å². The molecule has 0 aromatic rings. The molecule has 5 nitrogen and oxygen atoms in total. The standard InChI is InChI=1S/C8H15NO.HO3P/c1-6(2)7(10)9-8(3,4)5;1-4(2)3/h1H2,2-5H3,(H,9,10);(H-,1,2,3)/p+1. The summed E-state index contributed by atoms with van der Waals surface area (Å²) in [6.07, 6.45) is 0.